The van der Waals surface area contributed by atoms with Crippen LogP contribution in [0.25, 0.3) is 0 Å². The van der Waals surface area contributed by atoms with Gasteiger partial charge in [-0.05, 0) is 43.5 Å². The highest BCUT2D eigenvalue weighted by molar-refractivity contribution is 5.89. The Hall–Kier alpha value is -1.75. The molecule has 0 saturated carbocycles. The molecule has 1 aromatic carbocycles. The van der Waals surface area contributed by atoms with Crippen LogP contribution in [0.1, 0.15) is 71.1 Å². The third-order valence-corrected chi connectivity index (χ3v) is 4.89. The molecule has 1 unspecified atom stereocenters. The minimum absolute atomic E-state index is 0.155. The molecule has 0 bridgehead atoms. The molecule has 0 aromatic heterocycles. The summed E-state index contributed by atoms with van der Waals surface area (Å²) >= 11 is 0. The van der Waals surface area contributed by atoms with Crippen molar-refractivity contribution < 1.29 is 14.3 Å². The standard InChI is InChI=1S/C22H36N2O3/c1-2-3-4-5-6-7-8-9-16-26-20-14-12-19(13-15-20)24-22(25)23-18-21-11-10-17-27-21/h12-15,21H,2-11,16-18H2,1H3,(H2,23,24,25). The van der Waals surface area contributed by atoms with Crippen molar-refractivity contribution in [3.8, 4) is 5.75 Å². The summed E-state index contributed by atoms with van der Waals surface area (Å²) in [6.07, 6.45) is 12.6. The number of anilines is 1. The number of hydrogen-bond acceptors (Lipinski definition) is 3. The normalized spacial score (nSPS) is 16.3. The number of urea groups is 1. The zero-order valence-corrected chi connectivity index (χ0v) is 16.8. The lowest BCUT2D eigenvalue weighted by Crippen LogP contribution is -2.34. The fourth-order valence-electron chi connectivity index (χ4n) is 3.25. The Bertz CT molecular complexity index is 513. The first kappa shape index (κ1) is 21.5. The molecule has 0 spiro atoms. The van der Waals surface area contributed by atoms with Crippen LogP contribution in [0.3, 0.4) is 0 Å². The van der Waals surface area contributed by atoms with Crippen molar-refractivity contribution in [2.45, 2.75) is 77.2 Å². The van der Waals surface area contributed by atoms with Crippen LogP contribution >= 0.6 is 0 Å². The van der Waals surface area contributed by atoms with Crippen LogP contribution in [0.4, 0.5) is 10.5 Å². The van der Waals surface area contributed by atoms with Gasteiger partial charge >= 0.3 is 6.03 Å². The van der Waals surface area contributed by atoms with Gasteiger partial charge in [-0.15, -0.1) is 0 Å². The van der Waals surface area contributed by atoms with Crippen molar-refractivity contribution in [3.05, 3.63) is 24.3 Å². The molecule has 5 heteroatoms. The zero-order chi connectivity index (χ0) is 19.2. The largest absolute Gasteiger partial charge is 0.494 e. The third-order valence-electron chi connectivity index (χ3n) is 4.89. The zero-order valence-electron chi connectivity index (χ0n) is 16.8. The van der Waals surface area contributed by atoms with Gasteiger partial charge in [0, 0.05) is 18.8 Å². The van der Waals surface area contributed by atoms with Crippen LogP contribution in [0.2, 0.25) is 0 Å². The van der Waals surface area contributed by atoms with E-state index in [9.17, 15) is 4.79 Å². The summed E-state index contributed by atoms with van der Waals surface area (Å²) in [6.45, 7) is 4.37. The van der Waals surface area contributed by atoms with Crippen molar-refractivity contribution in [3.63, 3.8) is 0 Å². The number of rotatable bonds is 13. The van der Waals surface area contributed by atoms with Crippen LogP contribution < -0.4 is 15.4 Å². The summed E-state index contributed by atoms with van der Waals surface area (Å²) in [4.78, 5) is 11.9. The molecule has 27 heavy (non-hydrogen) atoms. The number of unbranched alkanes of at least 4 members (excludes halogenated alkanes) is 7. The van der Waals surface area contributed by atoms with Crippen LogP contribution in [0.5, 0.6) is 5.75 Å². The number of ether oxygens (including phenoxy) is 2. The fraction of sp³-hybridized carbons (Fsp3) is 0.682. The SMILES string of the molecule is CCCCCCCCCCOc1ccc(NC(=O)NCC2CCCO2)cc1. The molecule has 1 heterocycles. The van der Waals surface area contributed by atoms with Crippen LogP contribution in [0.15, 0.2) is 24.3 Å². The second-order valence-corrected chi connectivity index (χ2v) is 7.32. The van der Waals surface area contributed by atoms with Crippen molar-refractivity contribution in [1.29, 1.82) is 0 Å². The number of carbonyl (C=O) groups excluding carboxylic acids is 1. The first-order valence-corrected chi connectivity index (χ1v) is 10.7. The number of hydrogen-bond donors (Lipinski definition) is 2. The highest BCUT2D eigenvalue weighted by Gasteiger charge is 2.16. The predicted octanol–water partition coefficient (Wildman–Crippen LogP) is 5.51. The van der Waals surface area contributed by atoms with Crippen molar-refractivity contribution in [2.75, 3.05) is 25.1 Å². The first-order chi connectivity index (χ1) is 13.3. The highest BCUT2D eigenvalue weighted by Crippen LogP contribution is 2.17. The van der Waals surface area contributed by atoms with Crippen molar-refractivity contribution in [2.24, 2.45) is 0 Å². The van der Waals surface area contributed by atoms with Gasteiger partial charge in [-0.1, -0.05) is 51.9 Å². The van der Waals surface area contributed by atoms with E-state index in [2.05, 4.69) is 17.6 Å². The maximum absolute atomic E-state index is 11.9. The second-order valence-electron chi connectivity index (χ2n) is 7.32. The maximum Gasteiger partial charge on any atom is 0.319 e. The predicted molar refractivity (Wildman–Crippen MR) is 111 cm³/mol. The summed E-state index contributed by atoms with van der Waals surface area (Å²) < 4.78 is 11.3. The lowest BCUT2D eigenvalue weighted by molar-refractivity contribution is 0.112. The van der Waals surface area contributed by atoms with E-state index in [0.29, 0.717) is 6.54 Å². The molecule has 0 radical (unpaired) electrons. The second kappa shape index (κ2) is 13.4. The summed E-state index contributed by atoms with van der Waals surface area (Å²) in [5, 5.41) is 5.69. The highest BCUT2D eigenvalue weighted by atomic mass is 16.5. The summed E-state index contributed by atoms with van der Waals surface area (Å²) in [6, 6.07) is 7.35. The van der Waals surface area contributed by atoms with Crippen LogP contribution in [0, 0.1) is 0 Å². The molecule has 1 aliphatic heterocycles. The van der Waals surface area contributed by atoms with Gasteiger partial charge in [0.1, 0.15) is 5.75 Å². The molecule has 1 fully saturated rings. The summed E-state index contributed by atoms with van der Waals surface area (Å²) in [5.74, 6) is 0.850. The van der Waals surface area contributed by atoms with E-state index in [-0.39, 0.29) is 12.1 Å². The van der Waals surface area contributed by atoms with Crippen molar-refractivity contribution >= 4 is 11.7 Å². The van der Waals surface area contributed by atoms with E-state index >= 15 is 0 Å². The topological polar surface area (TPSA) is 59.6 Å². The molecule has 5 nitrogen and oxygen atoms in total. The molecular formula is C22H36N2O3. The number of amides is 2. The fourth-order valence-corrected chi connectivity index (χ4v) is 3.25. The number of carbonyl (C=O) groups is 1. The van der Waals surface area contributed by atoms with Crippen molar-refractivity contribution in [1.82, 2.24) is 5.32 Å². The maximum atomic E-state index is 11.9. The molecule has 1 saturated heterocycles. The molecule has 1 atom stereocenters. The van der Waals surface area contributed by atoms with Crippen LogP contribution in [-0.4, -0.2) is 31.9 Å². The molecule has 2 N–H and O–H groups in total. The van der Waals surface area contributed by atoms with E-state index < -0.39 is 0 Å². The molecule has 0 aliphatic carbocycles. The monoisotopic (exact) mass is 376 g/mol. The third kappa shape index (κ3) is 9.66. The Kier molecular flexibility index (Phi) is 10.7. The molecule has 2 rings (SSSR count). The van der Waals surface area contributed by atoms with Gasteiger partial charge in [0.2, 0.25) is 0 Å². The van der Waals surface area contributed by atoms with E-state index in [1.807, 2.05) is 24.3 Å². The molecule has 1 aromatic rings. The minimum Gasteiger partial charge on any atom is -0.494 e. The Morgan fingerprint density at radius 3 is 2.44 bits per heavy atom. The Morgan fingerprint density at radius 1 is 1.07 bits per heavy atom. The van der Waals surface area contributed by atoms with Gasteiger partial charge in [-0.2, -0.15) is 0 Å². The summed E-state index contributed by atoms with van der Waals surface area (Å²) in [5.41, 5.74) is 0.763. The van der Waals surface area contributed by atoms with E-state index in [4.69, 9.17) is 9.47 Å². The van der Waals surface area contributed by atoms with Gasteiger partial charge in [0.25, 0.3) is 0 Å². The van der Waals surface area contributed by atoms with Gasteiger partial charge in [0.05, 0.1) is 12.7 Å². The molecular weight excluding hydrogens is 340 g/mol. The lowest BCUT2D eigenvalue weighted by atomic mass is 10.1. The Morgan fingerprint density at radius 2 is 1.78 bits per heavy atom. The Balaban J connectivity index is 1.52. The van der Waals surface area contributed by atoms with Gasteiger partial charge in [0.15, 0.2) is 0 Å². The smallest absolute Gasteiger partial charge is 0.319 e. The Labute approximate surface area is 164 Å². The average Bonchev–Trinajstić information content (AvgIpc) is 3.20. The van der Waals surface area contributed by atoms with Gasteiger partial charge in [-0.3, -0.25) is 0 Å². The molecule has 152 valence electrons. The van der Waals surface area contributed by atoms with Crippen LogP contribution in [-0.2, 0) is 4.74 Å². The van der Waals surface area contributed by atoms with E-state index in [1.54, 1.807) is 0 Å². The molecule has 2 amide bonds. The first-order valence-electron chi connectivity index (χ1n) is 10.7. The average molecular weight is 377 g/mol. The summed E-state index contributed by atoms with van der Waals surface area (Å²) in [7, 11) is 0. The number of nitrogens with one attached hydrogen (secondary N) is 2. The number of benzene rings is 1. The lowest BCUT2D eigenvalue weighted by Gasteiger charge is -2.12. The van der Waals surface area contributed by atoms with Gasteiger partial charge < -0.3 is 20.1 Å². The quantitative estimate of drug-likeness (QED) is 0.446. The van der Waals surface area contributed by atoms with E-state index in [1.165, 1.54) is 44.9 Å². The molecule has 1 aliphatic rings. The van der Waals surface area contributed by atoms with E-state index in [0.717, 1.165) is 43.9 Å². The van der Waals surface area contributed by atoms with Gasteiger partial charge in [-0.25, -0.2) is 4.79 Å². The minimum atomic E-state index is -0.196.